The average molecular weight is 423 g/mol. The monoisotopic (exact) mass is 422 g/mol. The zero-order chi connectivity index (χ0) is 21.8. The second kappa shape index (κ2) is 9.13. The fraction of sp³-hybridized carbons (Fsp3) is 0.333. The maximum absolute atomic E-state index is 13.3. The number of ether oxygens (including phenoxy) is 2. The van der Waals surface area contributed by atoms with Gasteiger partial charge in [-0.3, -0.25) is 9.59 Å². The van der Waals surface area contributed by atoms with Gasteiger partial charge in [0, 0.05) is 5.56 Å². The first-order valence-corrected chi connectivity index (χ1v) is 9.25. The molecule has 2 aromatic rings. The summed E-state index contributed by atoms with van der Waals surface area (Å²) in [7, 11) is 1.39. The van der Waals surface area contributed by atoms with Crippen molar-refractivity contribution in [2.45, 2.75) is 26.8 Å². The summed E-state index contributed by atoms with van der Waals surface area (Å²) in [5, 5.41) is 3.07. The number of hydrogen-bond acceptors (Lipinski definition) is 4. The van der Waals surface area contributed by atoms with Crippen molar-refractivity contribution in [3.63, 3.8) is 0 Å². The van der Waals surface area contributed by atoms with Gasteiger partial charge in [0.05, 0.1) is 18.2 Å². The van der Waals surface area contributed by atoms with Gasteiger partial charge >= 0.3 is 0 Å². The van der Waals surface area contributed by atoms with Crippen LogP contribution in [0.3, 0.4) is 0 Å². The van der Waals surface area contributed by atoms with Crippen LogP contribution >= 0.6 is 11.6 Å². The highest BCUT2D eigenvalue weighted by molar-refractivity contribution is 6.32. The Morgan fingerprint density at radius 3 is 2.34 bits per heavy atom. The van der Waals surface area contributed by atoms with Crippen molar-refractivity contribution < 1.29 is 23.5 Å². The first-order chi connectivity index (χ1) is 13.5. The number of hydrogen-bond donors (Lipinski definition) is 2. The highest BCUT2D eigenvalue weighted by Gasteiger charge is 2.29. The van der Waals surface area contributed by atoms with Crippen LogP contribution in [0.4, 0.5) is 4.39 Å². The van der Waals surface area contributed by atoms with Gasteiger partial charge in [0.25, 0.3) is 11.8 Å². The van der Waals surface area contributed by atoms with E-state index >= 15 is 0 Å². The topological polar surface area (TPSA) is 90.7 Å². The lowest BCUT2D eigenvalue weighted by molar-refractivity contribution is -0.119. The Kier molecular flexibility index (Phi) is 7.08. The van der Waals surface area contributed by atoms with Gasteiger partial charge < -0.3 is 20.5 Å². The summed E-state index contributed by atoms with van der Waals surface area (Å²) in [6, 6.07) is 8.48. The molecule has 0 bridgehead atoms. The predicted molar refractivity (Wildman–Crippen MR) is 109 cm³/mol. The van der Waals surface area contributed by atoms with Gasteiger partial charge in [-0.2, -0.15) is 0 Å². The highest BCUT2D eigenvalue weighted by Crippen LogP contribution is 2.37. The molecule has 2 aromatic carbocycles. The third kappa shape index (κ3) is 5.84. The second-order valence-corrected chi connectivity index (χ2v) is 7.98. The van der Waals surface area contributed by atoms with Crippen LogP contribution in [0.2, 0.25) is 5.02 Å². The standard InChI is InChI=1S/C21H24ClFN2O4/c1-21(2,3)19(12-5-7-14(23)8-6-12)25-20(27)13-9-15(22)18(16(10-13)28-4)29-11-17(24)26/h5-10,19H,11H2,1-4H3,(H2,24,26)(H,25,27). The molecule has 0 aliphatic rings. The largest absolute Gasteiger partial charge is 0.493 e. The van der Waals surface area contributed by atoms with E-state index in [1.807, 2.05) is 20.8 Å². The van der Waals surface area contributed by atoms with Crippen molar-refractivity contribution in [3.8, 4) is 11.5 Å². The van der Waals surface area contributed by atoms with E-state index in [4.69, 9.17) is 26.8 Å². The van der Waals surface area contributed by atoms with E-state index in [1.165, 1.54) is 31.4 Å². The van der Waals surface area contributed by atoms with Gasteiger partial charge in [-0.05, 0) is 35.2 Å². The van der Waals surface area contributed by atoms with E-state index < -0.39 is 11.8 Å². The first kappa shape index (κ1) is 22.5. The van der Waals surface area contributed by atoms with Gasteiger partial charge in [0.15, 0.2) is 18.1 Å². The number of rotatable bonds is 7. The zero-order valence-electron chi connectivity index (χ0n) is 16.7. The molecule has 6 nitrogen and oxygen atoms in total. The molecule has 0 aromatic heterocycles. The Balaban J connectivity index is 2.33. The minimum absolute atomic E-state index is 0.102. The normalized spacial score (nSPS) is 12.2. The molecule has 0 saturated carbocycles. The molecular weight excluding hydrogens is 399 g/mol. The van der Waals surface area contributed by atoms with Gasteiger partial charge in [-0.1, -0.05) is 44.5 Å². The molecule has 29 heavy (non-hydrogen) atoms. The number of methoxy groups -OCH3 is 1. The Hall–Kier alpha value is -2.80. The summed E-state index contributed by atoms with van der Waals surface area (Å²) >= 11 is 6.22. The van der Waals surface area contributed by atoms with Gasteiger partial charge in [0.2, 0.25) is 0 Å². The second-order valence-electron chi connectivity index (χ2n) is 7.57. The summed E-state index contributed by atoms with van der Waals surface area (Å²) in [6.07, 6.45) is 0. The van der Waals surface area contributed by atoms with E-state index in [0.29, 0.717) is 0 Å². The van der Waals surface area contributed by atoms with Crippen LogP contribution in [0, 0.1) is 11.2 Å². The molecule has 0 radical (unpaired) electrons. The molecule has 1 unspecified atom stereocenters. The smallest absolute Gasteiger partial charge is 0.255 e. The summed E-state index contributed by atoms with van der Waals surface area (Å²) in [6.45, 7) is 5.53. The molecule has 2 rings (SSSR count). The number of benzene rings is 2. The van der Waals surface area contributed by atoms with Crippen molar-refractivity contribution in [2.24, 2.45) is 11.1 Å². The van der Waals surface area contributed by atoms with Crippen LogP contribution < -0.4 is 20.5 Å². The third-order valence-corrected chi connectivity index (χ3v) is 4.48. The summed E-state index contributed by atoms with van der Waals surface area (Å²) < 4.78 is 23.8. The minimum atomic E-state index is -0.669. The Bertz CT molecular complexity index is 895. The molecule has 0 fully saturated rings. The molecule has 3 N–H and O–H groups in total. The molecule has 8 heteroatoms. The van der Waals surface area contributed by atoms with Crippen LogP contribution in [0.5, 0.6) is 11.5 Å². The number of nitrogens with one attached hydrogen (secondary N) is 1. The highest BCUT2D eigenvalue weighted by atomic mass is 35.5. The predicted octanol–water partition coefficient (Wildman–Crippen LogP) is 3.87. The summed E-state index contributed by atoms with van der Waals surface area (Å²) in [4.78, 5) is 23.9. The average Bonchev–Trinajstić information content (AvgIpc) is 2.64. The number of primary amides is 1. The van der Waals surface area contributed by atoms with Gasteiger partial charge in [-0.25, -0.2) is 4.39 Å². The molecule has 0 spiro atoms. The zero-order valence-corrected chi connectivity index (χ0v) is 17.5. The SMILES string of the molecule is COc1cc(C(=O)NC(c2ccc(F)cc2)C(C)(C)C)cc(Cl)c1OCC(N)=O. The van der Waals surface area contributed by atoms with Crippen LogP contribution in [-0.2, 0) is 4.79 Å². The molecule has 0 aliphatic carbocycles. The molecule has 1 atom stereocenters. The Labute approximate surface area is 174 Å². The summed E-state index contributed by atoms with van der Waals surface area (Å²) in [5.41, 5.74) is 5.76. The maximum Gasteiger partial charge on any atom is 0.255 e. The molecular formula is C21H24ClFN2O4. The van der Waals surface area contributed by atoms with Crippen LogP contribution in [-0.4, -0.2) is 25.5 Å². The lowest BCUT2D eigenvalue weighted by Crippen LogP contribution is -2.36. The number of carbonyl (C=O) groups is 2. The van der Waals surface area contributed by atoms with E-state index in [1.54, 1.807) is 12.1 Å². The fourth-order valence-corrected chi connectivity index (χ4v) is 3.07. The van der Waals surface area contributed by atoms with E-state index in [2.05, 4.69) is 5.32 Å². The number of nitrogens with two attached hydrogens (primary N) is 1. The Morgan fingerprint density at radius 2 is 1.83 bits per heavy atom. The molecule has 156 valence electrons. The molecule has 0 aliphatic heterocycles. The van der Waals surface area contributed by atoms with Crippen LogP contribution in [0.15, 0.2) is 36.4 Å². The number of amides is 2. The van der Waals surface area contributed by atoms with Crippen LogP contribution in [0.25, 0.3) is 0 Å². The third-order valence-electron chi connectivity index (χ3n) is 4.20. The van der Waals surface area contributed by atoms with E-state index in [0.717, 1.165) is 5.56 Å². The quantitative estimate of drug-likeness (QED) is 0.708. The lowest BCUT2D eigenvalue weighted by Gasteiger charge is -2.32. The first-order valence-electron chi connectivity index (χ1n) is 8.88. The Morgan fingerprint density at radius 1 is 1.21 bits per heavy atom. The van der Waals surface area contributed by atoms with Crippen molar-refractivity contribution in [3.05, 3.63) is 58.4 Å². The van der Waals surface area contributed by atoms with Gasteiger partial charge in [-0.15, -0.1) is 0 Å². The van der Waals surface area contributed by atoms with Crippen molar-refractivity contribution >= 4 is 23.4 Å². The fourth-order valence-electron chi connectivity index (χ4n) is 2.80. The minimum Gasteiger partial charge on any atom is -0.493 e. The van der Waals surface area contributed by atoms with Crippen molar-refractivity contribution in [1.29, 1.82) is 0 Å². The molecule has 0 saturated heterocycles. The maximum atomic E-state index is 13.3. The molecule has 0 heterocycles. The molecule has 2 amide bonds. The lowest BCUT2D eigenvalue weighted by atomic mass is 9.82. The van der Waals surface area contributed by atoms with Crippen LogP contribution in [0.1, 0.15) is 42.7 Å². The van der Waals surface area contributed by atoms with Crippen molar-refractivity contribution in [2.75, 3.05) is 13.7 Å². The van der Waals surface area contributed by atoms with Crippen molar-refractivity contribution in [1.82, 2.24) is 5.32 Å². The number of carbonyl (C=O) groups excluding carboxylic acids is 2. The van der Waals surface area contributed by atoms with Gasteiger partial charge in [0.1, 0.15) is 5.82 Å². The van der Waals surface area contributed by atoms with E-state index in [-0.39, 0.29) is 46.0 Å². The van der Waals surface area contributed by atoms with E-state index in [9.17, 15) is 14.0 Å². The number of halogens is 2. The summed E-state index contributed by atoms with van der Waals surface area (Å²) in [5.74, 6) is -1.10.